The first-order valence-electron chi connectivity index (χ1n) is 8.12. The monoisotopic (exact) mass is 311 g/mol. The summed E-state index contributed by atoms with van der Waals surface area (Å²) in [7, 11) is 1.67. The molecule has 0 unspecified atom stereocenters. The van der Waals surface area contributed by atoms with E-state index in [1.165, 1.54) is 11.1 Å². The van der Waals surface area contributed by atoms with E-state index in [0.29, 0.717) is 13.0 Å². The van der Waals surface area contributed by atoms with Crippen LogP contribution in [0.5, 0.6) is 5.75 Å². The van der Waals surface area contributed by atoms with Crippen molar-refractivity contribution < 1.29 is 9.53 Å². The molecule has 1 N–H and O–H groups in total. The summed E-state index contributed by atoms with van der Waals surface area (Å²) in [5.41, 5.74) is 3.65. The minimum atomic E-state index is 0.126. The van der Waals surface area contributed by atoms with Gasteiger partial charge in [-0.05, 0) is 49.4 Å². The van der Waals surface area contributed by atoms with Crippen LogP contribution in [0.1, 0.15) is 36.0 Å². The Morgan fingerprint density at radius 2 is 1.83 bits per heavy atom. The van der Waals surface area contributed by atoms with Crippen LogP contribution in [0.25, 0.3) is 0 Å². The molecule has 3 nitrogen and oxygen atoms in total. The molecule has 122 valence electrons. The minimum Gasteiger partial charge on any atom is -0.497 e. The third kappa shape index (κ3) is 6.15. The molecule has 3 heteroatoms. The lowest BCUT2D eigenvalue weighted by Gasteiger charge is -2.06. The lowest BCUT2D eigenvalue weighted by molar-refractivity contribution is -0.121. The molecule has 0 bridgehead atoms. The van der Waals surface area contributed by atoms with Gasteiger partial charge in [-0.1, -0.05) is 42.0 Å². The first-order valence-corrected chi connectivity index (χ1v) is 8.12. The predicted octanol–water partition coefficient (Wildman–Crippen LogP) is 4.03. The molecular weight excluding hydrogens is 286 g/mol. The van der Waals surface area contributed by atoms with Crippen LogP contribution in [-0.2, 0) is 17.8 Å². The quantitative estimate of drug-likeness (QED) is 0.747. The fourth-order valence-electron chi connectivity index (χ4n) is 2.52. The molecule has 0 aliphatic carbocycles. The number of hydrogen-bond donors (Lipinski definition) is 1. The van der Waals surface area contributed by atoms with Gasteiger partial charge < -0.3 is 10.1 Å². The summed E-state index contributed by atoms with van der Waals surface area (Å²) in [5.74, 6) is 1.01. The van der Waals surface area contributed by atoms with Gasteiger partial charge in [0.05, 0.1) is 7.11 Å². The summed E-state index contributed by atoms with van der Waals surface area (Å²) in [6.45, 7) is 2.67. The molecule has 0 aliphatic heterocycles. The zero-order valence-corrected chi connectivity index (χ0v) is 14.0. The first-order chi connectivity index (χ1) is 11.2. The second kappa shape index (κ2) is 8.99. The molecule has 0 saturated carbocycles. The summed E-state index contributed by atoms with van der Waals surface area (Å²) < 4.78 is 5.14. The Hall–Kier alpha value is -2.29. The Morgan fingerprint density at radius 3 is 2.52 bits per heavy atom. The van der Waals surface area contributed by atoms with E-state index in [1.54, 1.807) is 7.11 Å². The third-order valence-electron chi connectivity index (χ3n) is 3.85. The smallest absolute Gasteiger partial charge is 0.220 e. The van der Waals surface area contributed by atoms with E-state index in [-0.39, 0.29) is 5.91 Å². The zero-order chi connectivity index (χ0) is 16.5. The van der Waals surface area contributed by atoms with E-state index in [9.17, 15) is 4.79 Å². The van der Waals surface area contributed by atoms with Crippen LogP contribution in [0.3, 0.4) is 0 Å². The van der Waals surface area contributed by atoms with Crippen molar-refractivity contribution in [1.82, 2.24) is 5.32 Å². The molecule has 23 heavy (non-hydrogen) atoms. The zero-order valence-electron chi connectivity index (χ0n) is 14.0. The predicted molar refractivity (Wildman–Crippen MR) is 93.6 cm³/mol. The molecule has 2 aromatic rings. The third-order valence-corrected chi connectivity index (χ3v) is 3.85. The van der Waals surface area contributed by atoms with E-state index in [2.05, 4.69) is 36.5 Å². The van der Waals surface area contributed by atoms with Crippen molar-refractivity contribution in [3.05, 3.63) is 65.2 Å². The standard InChI is InChI=1S/C20H25NO2/c1-16-6-5-8-18(14-16)15-21-20(22)9-4-3-7-17-10-12-19(23-2)13-11-17/h5-6,8,10-14H,3-4,7,9,15H2,1-2H3,(H,21,22). The van der Waals surface area contributed by atoms with E-state index in [4.69, 9.17) is 4.74 Å². The number of amides is 1. The molecule has 0 spiro atoms. The number of ether oxygens (including phenoxy) is 1. The maximum atomic E-state index is 11.9. The summed E-state index contributed by atoms with van der Waals surface area (Å²) >= 11 is 0. The van der Waals surface area contributed by atoms with Gasteiger partial charge in [0.2, 0.25) is 5.91 Å². The number of rotatable bonds is 8. The van der Waals surface area contributed by atoms with E-state index in [0.717, 1.165) is 30.6 Å². The first kappa shape index (κ1) is 17.1. The van der Waals surface area contributed by atoms with Crippen molar-refractivity contribution >= 4 is 5.91 Å². The lowest BCUT2D eigenvalue weighted by atomic mass is 10.1. The molecule has 2 rings (SSSR count). The molecule has 0 aliphatic rings. The molecule has 0 saturated heterocycles. The van der Waals surface area contributed by atoms with Gasteiger partial charge in [-0.3, -0.25) is 4.79 Å². The van der Waals surface area contributed by atoms with E-state index in [1.807, 2.05) is 24.3 Å². The van der Waals surface area contributed by atoms with E-state index < -0.39 is 0 Å². The SMILES string of the molecule is COc1ccc(CCCCC(=O)NCc2cccc(C)c2)cc1. The van der Waals surface area contributed by atoms with Gasteiger partial charge in [-0.15, -0.1) is 0 Å². The van der Waals surface area contributed by atoms with Crippen molar-refractivity contribution in [3.63, 3.8) is 0 Å². The fraction of sp³-hybridized carbons (Fsp3) is 0.350. The van der Waals surface area contributed by atoms with Gasteiger partial charge in [0.25, 0.3) is 0 Å². The fourth-order valence-corrected chi connectivity index (χ4v) is 2.52. The Balaban J connectivity index is 1.62. The summed E-state index contributed by atoms with van der Waals surface area (Å²) in [5, 5.41) is 2.98. The van der Waals surface area contributed by atoms with Crippen LogP contribution in [0.15, 0.2) is 48.5 Å². The molecular formula is C20H25NO2. The highest BCUT2D eigenvalue weighted by atomic mass is 16.5. The number of methoxy groups -OCH3 is 1. The number of carbonyl (C=O) groups excluding carboxylic acids is 1. The van der Waals surface area contributed by atoms with Crippen molar-refractivity contribution in [1.29, 1.82) is 0 Å². The van der Waals surface area contributed by atoms with Crippen LogP contribution < -0.4 is 10.1 Å². The molecule has 2 aromatic carbocycles. The maximum Gasteiger partial charge on any atom is 0.220 e. The number of carbonyl (C=O) groups is 1. The summed E-state index contributed by atoms with van der Waals surface area (Å²) in [4.78, 5) is 11.9. The van der Waals surface area contributed by atoms with E-state index >= 15 is 0 Å². The average Bonchev–Trinajstić information content (AvgIpc) is 2.57. The number of benzene rings is 2. The van der Waals surface area contributed by atoms with Gasteiger partial charge in [-0.2, -0.15) is 0 Å². The second-order valence-electron chi connectivity index (χ2n) is 5.82. The topological polar surface area (TPSA) is 38.3 Å². The van der Waals surface area contributed by atoms with Crippen molar-refractivity contribution in [2.45, 2.75) is 39.2 Å². The maximum absolute atomic E-state index is 11.9. The summed E-state index contributed by atoms with van der Waals surface area (Å²) in [6.07, 6.45) is 3.51. The van der Waals surface area contributed by atoms with Gasteiger partial charge in [0, 0.05) is 13.0 Å². The average molecular weight is 311 g/mol. The van der Waals surface area contributed by atoms with Crippen LogP contribution in [-0.4, -0.2) is 13.0 Å². The molecule has 0 radical (unpaired) electrons. The highest BCUT2D eigenvalue weighted by Gasteiger charge is 2.02. The highest BCUT2D eigenvalue weighted by molar-refractivity contribution is 5.75. The van der Waals surface area contributed by atoms with Gasteiger partial charge in [0.1, 0.15) is 5.75 Å². The van der Waals surface area contributed by atoms with Crippen LogP contribution in [0.4, 0.5) is 0 Å². The van der Waals surface area contributed by atoms with Crippen LogP contribution in [0.2, 0.25) is 0 Å². The highest BCUT2D eigenvalue weighted by Crippen LogP contribution is 2.13. The lowest BCUT2D eigenvalue weighted by Crippen LogP contribution is -2.22. The number of unbranched alkanes of at least 4 members (excludes halogenated alkanes) is 1. The number of hydrogen-bond acceptors (Lipinski definition) is 2. The second-order valence-corrected chi connectivity index (χ2v) is 5.82. The molecule has 0 fully saturated rings. The Morgan fingerprint density at radius 1 is 1.04 bits per heavy atom. The number of nitrogens with one attached hydrogen (secondary N) is 1. The largest absolute Gasteiger partial charge is 0.497 e. The normalized spacial score (nSPS) is 10.3. The molecule has 0 atom stereocenters. The molecule has 0 aromatic heterocycles. The van der Waals surface area contributed by atoms with Gasteiger partial charge >= 0.3 is 0 Å². The Bertz CT molecular complexity index is 620. The number of aryl methyl sites for hydroxylation is 2. The minimum absolute atomic E-state index is 0.126. The Kier molecular flexibility index (Phi) is 6.67. The van der Waals surface area contributed by atoms with Crippen molar-refractivity contribution in [3.8, 4) is 5.75 Å². The Labute approximate surface area is 138 Å². The summed E-state index contributed by atoms with van der Waals surface area (Å²) in [6, 6.07) is 16.3. The van der Waals surface area contributed by atoms with Crippen LogP contribution >= 0.6 is 0 Å². The van der Waals surface area contributed by atoms with Gasteiger partial charge in [-0.25, -0.2) is 0 Å². The van der Waals surface area contributed by atoms with Crippen molar-refractivity contribution in [2.75, 3.05) is 7.11 Å². The molecule has 1 amide bonds. The van der Waals surface area contributed by atoms with Crippen molar-refractivity contribution in [2.24, 2.45) is 0 Å². The van der Waals surface area contributed by atoms with Gasteiger partial charge in [0.15, 0.2) is 0 Å². The molecule has 0 heterocycles. The van der Waals surface area contributed by atoms with Crippen LogP contribution in [0, 0.1) is 6.92 Å².